The zero-order chi connectivity index (χ0) is 17.4. The average Bonchev–Trinajstić information content (AvgIpc) is 3.06. The Morgan fingerprint density at radius 1 is 1.28 bits per heavy atom. The van der Waals surface area contributed by atoms with Crippen LogP contribution in [0.1, 0.15) is 17.4 Å². The number of ether oxygens (including phenoxy) is 1. The van der Waals surface area contributed by atoms with Gasteiger partial charge in [-0.25, -0.2) is 9.31 Å². The van der Waals surface area contributed by atoms with E-state index in [1.807, 2.05) is 30.3 Å². The molecule has 0 aliphatic rings. The molecule has 25 heavy (non-hydrogen) atoms. The van der Waals surface area contributed by atoms with Crippen LogP contribution < -0.4 is 5.56 Å². The number of hydrogen-bond donors (Lipinski definition) is 1. The second-order valence-electron chi connectivity index (χ2n) is 5.49. The van der Waals surface area contributed by atoms with Gasteiger partial charge >= 0.3 is 5.97 Å². The molecule has 0 spiro atoms. The Balaban J connectivity index is 1.84. The number of H-pyrrole nitrogens is 1. The van der Waals surface area contributed by atoms with Gasteiger partial charge in [-0.2, -0.15) is 5.10 Å². The fourth-order valence-electron chi connectivity index (χ4n) is 2.67. The second-order valence-corrected chi connectivity index (χ2v) is 5.49. The second kappa shape index (κ2) is 5.86. The van der Waals surface area contributed by atoms with Gasteiger partial charge in [0.25, 0.3) is 5.56 Å². The van der Waals surface area contributed by atoms with Crippen molar-refractivity contribution in [2.45, 2.75) is 6.92 Å². The normalized spacial score (nSPS) is 11.1. The van der Waals surface area contributed by atoms with Crippen LogP contribution in [0.3, 0.4) is 0 Å². The Labute approximate surface area is 141 Å². The van der Waals surface area contributed by atoms with Gasteiger partial charge in [0.05, 0.1) is 24.0 Å². The summed E-state index contributed by atoms with van der Waals surface area (Å²) in [5.41, 5.74) is 2.23. The van der Waals surface area contributed by atoms with Gasteiger partial charge in [0, 0.05) is 23.2 Å². The van der Waals surface area contributed by atoms with Crippen molar-refractivity contribution in [3.05, 3.63) is 64.8 Å². The largest absolute Gasteiger partial charge is 0.461 e. The van der Waals surface area contributed by atoms with Crippen molar-refractivity contribution in [1.82, 2.24) is 19.6 Å². The smallest absolute Gasteiger partial charge is 0.358 e. The van der Waals surface area contributed by atoms with Crippen molar-refractivity contribution >= 4 is 22.4 Å². The molecule has 1 N–H and O–H groups in total. The van der Waals surface area contributed by atoms with E-state index in [2.05, 4.69) is 15.1 Å². The monoisotopic (exact) mass is 334 g/mol. The molecule has 1 aromatic carbocycles. The van der Waals surface area contributed by atoms with Crippen molar-refractivity contribution in [2.75, 3.05) is 6.61 Å². The average molecular weight is 334 g/mol. The van der Waals surface area contributed by atoms with Gasteiger partial charge in [-0.1, -0.05) is 18.2 Å². The molecule has 0 amide bonds. The molecule has 7 nitrogen and oxygen atoms in total. The van der Waals surface area contributed by atoms with Crippen LogP contribution in [0.15, 0.2) is 53.6 Å². The predicted octanol–water partition coefficient (Wildman–Crippen LogP) is 2.41. The van der Waals surface area contributed by atoms with Gasteiger partial charge in [-0.3, -0.25) is 9.78 Å². The number of nitrogens with zero attached hydrogens (tertiary/aromatic N) is 3. The summed E-state index contributed by atoms with van der Waals surface area (Å²) in [6.45, 7) is 1.96. The van der Waals surface area contributed by atoms with E-state index in [1.54, 1.807) is 19.3 Å². The van der Waals surface area contributed by atoms with E-state index in [1.165, 1.54) is 10.6 Å². The minimum absolute atomic E-state index is 0.0983. The number of fused-ring (bicyclic) bond motifs is 2. The number of pyridine rings is 1. The van der Waals surface area contributed by atoms with E-state index in [0.29, 0.717) is 5.69 Å². The highest BCUT2D eigenvalue weighted by Gasteiger charge is 2.14. The fourth-order valence-corrected chi connectivity index (χ4v) is 2.67. The molecule has 0 saturated carbocycles. The first-order valence-corrected chi connectivity index (χ1v) is 7.80. The lowest BCUT2D eigenvalue weighted by atomic mass is 10.1. The fraction of sp³-hybridized carbons (Fsp3) is 0.111. The third kappa shape index (κ3) is 2.65. The summed E-state index contributed by atoms with van der Waals surface area (Å²) < 4.78 is 6.31. The lowest BCUT2D eigenvalue weighted by Gasteiger charge is -2.04. The Hall–Kier alpha value is -3.48. The van der Waals surface area contributed by atoms with Crippen LogP contribution in [0.4, 0.5) is 0 Å². The molecular weight excluding hydrogens is 320 g/mol. The SMILES string of the molecule is CCOC(=O)c1cc2c(=O)[nH]c(-c3cnc4ccccc4c3)cn2n1. The summed E-state index contributed by atoms with van der Waals surface area (Å²) in [6, 6.07) is 11.1. The summed E-state index contributed by atoms with van der Waals surface area (Å²) in [6.07, 6.45) is 3.35. The molecule has 0 atom stereocenters. The van der Waals surface area contributed by atoms with Gasteiger partial charge in [0.2, 0.25) is 0 Å². The van der Waals surface area contributed by atoms with Crippen LogP contribution in [0.2, 0.25) is 0 Å². The van der Waals surface area contributed by atoms with E-state index in [9.17, 15) is 9.59 Å². The number of para-hydroxylation sites is 1. The van der Waals surface area contributed by atoms with Crippen molar-refractivity contribution < 1.29 is 9.53 Å². The first kappa shape index (κ1) is 15.1. The van der Waals surface area contributed by atoms with Gasteiger partial charge in [0.1, 0.15) is 5.52 Å². The number of benzene rings is 1. The van der Waals surface area contributed by atoms with Crippen LogP contribution in [-0.2, 0) is 4.74 Å². The Kier molecular flexibility index (Phi) is 3.53. The zero-order valence-corrected chi connectivity index (χ0v) is 13.4. The Morgan fingerprint density at radius 3 is 2.96 bits per heavy atom. The first-order chi connectivity index (χ1) is 12.2. The molecule has 3 aromatic heterocycles. The van der Waals surface area contributed by atoms with Crippen LogP contribution in [0.5, 0.6) is 0 Å². The van der Waals surface area contributed by atoms with Crippen molar-refractivity contribution in [3.8, 4) is 11.3 Å². The number of hydrogen-bond acceptors (Lipinski definition) is 5. The number of aromatic nitrogens is 4. The molecule has 4 rings (SSSR count). The lowest BCUT2D eigenvalue weighted by molar-refractivity contribution is 0.0519. The number of nitrogens with one attached hydrogen (secondary N) is 1. The molecule has 7 heteroatoms. The standard InChI is InChI=1S/C18H14N4O3/c1-2-25-18(24)14-8-16-17(23)20-15(10-22(16)21-14)12-7-11-5-3-4-6-13(11)19-9-12/h3-10H,2H2,1H3,(H,20,23). The van der Waals surface area contributed by atoms with Gasteiger partial charge < -0.3 is 9.72 Å². The summed E-state index contributed by atoms with van der Waals surface area (Å²) >= 11 is 0. The van der Waals surface area contributed by atoms with Crippen LogP contribution >= 0.6 is 0 Å². The van der Waals surface area contributed by atoms with E-state index in [-0.39, 0.29) is 23.4 Å². The zero-order valence-electron chi connectivity index (χ0n) is 13.4. The number of aromatic amines is 1. The van der Waals surface area contributed by atoms with Crippen molar-refractivity contribution in [1.29, 1.82) is 0 Å². The first-order valence-electron chi connectivity index (χ1n) is 7.80. The maximum Gasteiger partial charge on any atom is 0.358 e. The van der Waals surface area contributed by atoms with Gasteiger partial charge in [-0.15, -0.1) is 0 Å². The van der Waals surface area contributed by atoms with E-state index < -0.39 is 5.97 Å². The maximum atomic E-state index is 12.3. The third-order valence-electron chi connectivity index (χ3n) is 3.85. The number of carbonyl (C=O) groups is 1. The lowest BCUT2D eigenvalue weighted by Crippen LogP contribution is -2.10. The summed E-state index contributed by atoms with van der Waals surface area (Å²) in [4.78, 5) is 31.4. The molecule has 0 fully saturated rings. The summed E-state index contributed by atoms with van der Waals surface area (Å²) in [7, 11) is 0. The number of rotatable bonds is 3. The highest BCUT2D eigenvalue weighted by Crippen LogP contribution is 2.20. The van der Waals surface area contributed by atoms with E-state index >= 15 is 0 Å². The number of carbonyl (C=O) groups excluding carboxylic acids is 1. The molecule has 0 unspecified atom stereocenters. The van der Waals surface area contributed by atoms with Crippen molar-refractivity contribution in [2.24, 2.45) is 0 Å². The summed E-state index contributed by atoms with van der Waals surface area (Å²) in [5, 5.41) is 5.11. The van der Waals surface area contributed by atoms with Gasteiger partial charge in [-0.05, 0) is 19.1 Å². The van der Waals surface area contributed by atoms with E-state index in [4.69, 9.17) is 4.74 Å². The van der Waals surface area contributed by atoms with Crippen LogP contribution in [0.25, 0.3) is 27.7 Å². The highest BCUT2D eigenvalue weighted by molar-refractivity contribution is 5.89. The van der Waals surface area contributed by atoms with E-state index in [0.717, 1.165) is 16.5 Å². The minimum Gasteiger partial charge on any atom is -0.461 e. The van der Waals surface area contributed by atoms with Gasteiger partial charge in [0.15, 0.2) is 5.69 Å². The topological polar surface area (TPSA) is 89.4 Å². The molecule has 0 bridgehead atoms. The molecule has 0 aliphatic carbocycles. The Morgan fingerprint density at radius 2 is 2.12 bits per heavy atom. The molecule has 0 saturated heterocycles. The predicted molar refractivity (Wildman–Crippen MR) is 92.5 cm³/mol. The van der Waals surface area contributed by atoms with Crippen LogP contribution in [-0.4, -0.2) is 32.2 Å². The molecule has 0 radical (unpaired) electrons. The quantitative estimate of drug-likeness (QED) is 0.581. The van der Waals surface area contributed by atoms with Crippen LogP contribution in [0, 0.1) is 0 Å². The van der Waals surface area contributed by atoms with Crippen molar-refractivity contribution in [3.63, 3.8) is 0 Å². The minimum atomic E-state index is -0.556. The molecular formula is C18H14N4O3. The number of esters is 1. The Bertz CT molecular complexity index is 1160. The molecule has 124 valence electrons. The highest BCUT2D eigenvalue weighted by atomic mass is 16.5. The molecule has 3 heterocycles. The maximum absolute atomic E-state index is 12.3. The molecule has 0 aliphatic heterocycles. The summed E-state index contributed by atoms with van der Waals surface area (Å²) in [5.74, 6) is -0.556. The molecule has 4 aromatic rings. The third-order valence-corrected chi connectivity index (χ3v) is 3.85.